The van der Waals surface area contributed by atoms with E-state index in [2.05, 4.69) is 0 Å². The molecule has 0 bridgehead atoms. The lowest BCUT2D eigenvalue weighted by atomic mass is 9.93. The monoisotopic (exact) mass is 258 g/mol. The fourth-order valence-corrected chi connectivity index (χ4v) is 1.82. The van der Waals surface area contributed by atoms with Crippen molar-refractivity contribution in [1.82, 2.24) is 0 Å². The van der Waals surface area contributed by atoms with Crippen LogP contribution in [0, 0.1) is 0 Å². The van der Waals surface area contributed by atoms with E-state index in [9.17, 15) is 20.1 Å². The van der Waals surface area contributed by atoms with E-state index >= 15 is 0 Å². The van der Waals surface area contributed by atoms with E-state index in [0.717, 1.165) is 12.8 Å². The molecule has 0 aromatic rings. The summed E-state index contributed by atoms with van der Waals surface area (Å²) in [5.41, 5.74) is -1.07. The molecule has 18 heavy (non-hydrogen) atoms. The van der Waals surface area contributed by atoms with E-state index in [1.165, 1.54) is 12.2 Å². The molecule has 0 spiro atoms. The molecule has 0 aromatic heterocycles. The molecule has 1 aliphatic heterocycles. The molecule has 0 fully saturated rings. The Labute approximate surface area is 107 Å². The molecule has 1 rings (SSSR count). The molecule has 0 aliphatic carbocycles. The van der Waals surface area contributed by atoms with Gasteiger partial charge in [-0.2, -0.15) is 0 Å². The Hall–Kier alpha value is -0.910. The third-order valence-electron chi connectivity index (χ3n) is 3.38. The van der Waals surface area contributed by atoms with Crippen LogP contribution in [0.5, 0.6) is 0 Å². The molecule has 1 heterocycles. The van der Waals surface area contributed by atoms with E-state index in [4.69, 9.17) is 4.74 Å². The average molecular weight is 258 g/mol. The van der Waals surface area contributed by atoms with Crippen molar-refractivity contribution in [3.63, 3.8) is 0 Å². The van der Waals surface area contributed by atoms with Crippen LogP contribution in [0.15, 0.2) is 12.2 Å². The molecule has 0 amide bonds. The summed E-state index contributed by atoms with van der Waals surface area (Å²) in [7, 11) is 0. The molecule has 0 aromatic carbocycles. The molecule has 5 nitrogen and oxygen atoms in total. The molecule has 3 atom stereocenters. The summed E-state index contributed by atoms with van der Waals surface area (Å²) in [4.78, 5) is 10.8. The maximum absolute atomic E-state index is 10.8. The van der Waals surface area contributed by atoms with Gasteiger partial charge in [0.25, 0.3) is 0 Å². The van der Waals surface area contributed by atoms with Crippen LogP contribution in [0.25, 0.3) is 0 Å². The van der Waals surface area contributed by atoms with Crippen molar-refractivity contribution in [3.05, 3.63) is 12.2 Å². The SMILES string of the molecule is CC(O)C(C)(O)CCCCC[C@@]1(O)C=CC(=O)O1. The van der Waals surface area contributed by atoms with Crippen LogP contribution in [0.2, 0.25) is 0 Å². The minimum Gasteiger partial charge on any atom is -0.426 e. The summed E-state index contributed by atoms with van der Waals surface area (Å²) < 4.78 is 4.75. The van der Waals surface area contributed by atoms with Gasteiger partial charge < -0.3 is 20.1 Å². The fourth-order valence-electron chi connectivity index (χ4n) is 1.82. The van der Waals surface area contributed by atoms with Crippen molar-refractivity contribution in [3.8, 4) is 0 Å². The predicted molar refractivity (Wildman–Crippen MR) is 65.6 cm³/mol. The Bertz CT molecular complexity index is 321. The van der Waals surface area contributed by atoms with E-state index in [1.54, 1.807) is 13.8 Å². The van der Waals surface area contributed by atoms with Gasteiger partial charge in [-0.3, -0.25) is 0 Å². The number of rotatable bonds is 7. The second-order valence-corrected chi connectivity index (χ2v) is 5.19. The smallest absolute Gasteiger partial charge is 0.333 e. The zero-order chi connectivity index (χ0) is 13.8. The Balaban J connectivity index is 2.17. The number of cyclic esters (lactones) is 1. The van der Waals surface area contributed by atoms with Gasteiger partial charge in [0, 0.05) is 12.5 Å². The number of ether oxygens (including phenoxy) is 1. The van der Waals surface area contributed by atoms with Gasteiger partial charge in [0.05, 0.1) is 11.7 Å². The van der Waals surface area contributed by atoms with Crippen molar-refractivity contribution in [2.24, 2.45) is 0 Å². The van der Waals surface area contributed by atoms with Crippen LogP contribution in [0.4, 0.5) is 0 Å². The molecular formula is C13H22O5. The molecular weight excluding hydrogens is 236 g/mol. The first-order chi connectivity index (χ1) is 8.25. The summed E-state index contributed by atoms with van der Waals surface area (Å²) in [6, 6.07) is 0. The number of hydrogen-bond acceptors (Lipinski definition) is 5. The minimum absolute atomic E-state index is 0.353. The normalized spacial score (nSPS) is 27.9. The van der Waals surface area contributed by atoms with Crippen LogP contribution < -0.4 is 0 Å². The van der Waals surface area contributed by atoms with Gasteiger partial charge in [-0.15, -0.1) is 0 Å². The average Bonchev–Trinajstić information content (AvgIpc) is 2.58. The number of aliphatic hydroxyl groups excluding tert-OH is 1. The Kier molecular flexibility index (Phi) is 4.90. The van der Waals surface area contributed by atoms with Gasteiger partial charge in [0.2, 0.25) is 5.79 Å². The van der Waals surface area contributed by atoms with Crippen molar-refractivity contribution in [1.29, 1.82) is 0 Å². The van der Waals surface area contributed by atoms with E-state index in [-0.39, 0.29) is 0 Å². The molecule has 104 valence electrons. The highest BCUT2D eigenvalue weighted by atomic mass is 16.7. The third kappa shape index (κ3) is 4.40. The van der Waals surface area contributed by atoms with Crippen molar-refractivity contribution in [2.45, 2.75) is 63.4 Å². The molecule has 1 aliphatic rings. The Morgan fingerprint density at radius 1 is 1.44 bits per heavy atom. The number of hydrogen-bond donors (Lipinski definition) is 3. The van der Waals surface area contributed by atoms with Crippen LogP contribution in [-0.4, -0.2) is 38.8 Å². The summed E-state index contributed by atoms with van der Waals surface area (Å²) in [5.74, 6) is -1.97. The van der Waals surface area contributed by atoms with Gasteiger partial charge in [-0.1, -0.05) is 12.8 Å². The second-order valence-electron chi connectivity index (χ2n) is 5.19. The molecule has 3 N–H and O–H groups in total. The fraction of sp³-hybridized carbons (Fsp3) is 0.769. The topological polar surface area (TPSA) is 87.0 Å². The Morgan fingerprint density at radius 2 is 2.11 bits per heavy atom. The molecule has 0 saturated carbocycles. The van der Waals surface area contributed by atoms with Crippen LogP contribution >= 0.6 is 0 Å². The highest BCUT2D eigenvalue weighted by molar-refractivity contribution is 5.84. The van der Waals surface area contributed by atoms with Gasteiger partial charge in [0.15, 0.2) is 0 Å². The van der Waals surface area contributed by atoms with Crippen LogP contribution in [0.1, 0.15) is 46.0 Å². The second kappa shape index (κ2) is 5.82. The first-order valence-electron chi connectivity index (χ1n) is 6.30. The van der Waals surface area contributed by atoms with Crippen molar-refractivity contribution in [2.75, 3.05) is 0 Å². The lowest BCUT2D eigenvalue weighted by Gasteiger charge is -2.26. The maximum atomic E-state index is 10.8. The third-order valence-corrected chi connectivity index (χ3v) is 3.38. The number of unbranched alkanes of at least 4 members (excludes halogenated alkanes) is 2. The van der Waals surface area contributed by atoms with Gasteiger partial charge in [0.1, 0.15) is 0 Å². The van der Waals surface area contributed by atoms with Gasteiger partial charge in [-0.25, -0.2) is 4.79 Å². The zero-order valence-corrected chi connectivity index (χ0v) is 10.9. The quantitative estimate of drug-likeness (QED) is 0.466. The number of carbonyl (C=O) groups excluding carboxylic acids is 1. The predicted octanol–water partition coefficient (Wildman–Crippen LogP) is 0.870. The molecule has 5 heteroatoms. The number of esters is 1. The van der Waals surface area contributed by atoms with Crippen LogP contribution in [-0.2, 0) is 9.53 Å². The number of carbonyl (C=O) groups is 1. The largest absolute Gasteiger partial charge is 0.426 e. The van der Waals surface area contributed by atoms with Gasteiger partial charge >= 0.3 is 5.97 Å². The van der Waals surface area contributed by atoms with Crippen LogP contribution in [0.3, 0.4) is 0 Å². The molecule has 0 radical (unpaired) electrons. The minimum atomic E-state index is -1.45. The molecule has 0 saturated heterocycles. The highest BCUT2D eigenvalue weighted by Gasteiger charge is 2.32. The maximum Gasteiger partial charge on any atom is 0.333 e. The highest BCUT2D eigenvalue weighted by Crippen LogP contribution is 2.25. The molecule has 2 unspecified atom stereocenters. The summed E-state index contributed by atoms with van der Waals surface area (Å²) in [6.45, 7) is 3.16. The summed E-state index contributed by atoms with van der Waals surface area (Å²) in [6.07, 6.45) is 4.89. The van der Waals surface area contributed by atoms with Crippen molar-refractivity contribution < 1.29 is 24.9 Å². The summed E-state index contributed by atoms with van der Waals surface area (Å²) >= 11 is 0. The van der Waals surface area contributed by atoms with Gasteiger partial charge in [-0.05, 0) is 32.8 Å². The van der Waals surface area contributed by atoms with E-state index < -0.39 is 23.5 Å². The van der Waals surface area contributed by atoms with E-state index in [0.29, 0.717) is 19.3 Å². The van der Waals surface area contributed by atoms with E-state index in [1.807, 2.05) is 0 Å². The standard InChI is InChI=1S/C13H22O5/c1-10(14)12(2,16)7-4-3-5-8-13(17)9-6-11(15)18-13/h6,9-10,14,16-17H,3-5,7-8H2,1-2H3/t10?,12?,13-/m0/s1. The first kappa shape index (κ1) is 15.1. The Morgan fingerprint density at radius 3 is 2.61 bits per heavy atom. The first-order valence-corrected chi connectivity index (χ1v) is 6.30. The van der Waals surface area contributed by atoms with Crippen molar-refractivity contribution >= 4 is 5.97 Å². The zero-order valence-electron chi connectivity index (χ0n) is 10.9. The summed E-state index contributed by atoms with van der Waals surface area (Å²) in [5, 5.41) is 28.9. The number of aliphatic hydroxyl groups is 3. The lowest BCUT2D eigenvalue weighted by Crippen LogP contribution is -2.36. The lowest BCUT2D eigenvalue weighted by molar-refractivity contribution is -0.180.